The van der Waals surface area contributed by atoms with Crippen LogP contribution in [-0.2, 0) is 24.6 Å². The van der Waals surface area contributed by atoms with Gasteiger partial charge in [-0.05, 0) is 48.3 Å². The van der Waals surface area contributed by atoms with E-state index in [0.29, 0.717) is 37.9 Å². The van der Waals surface area contributed by atoms with Crippen LogP contribution >= 0.6 is 0 Å². The standard InChI is InChI=1S/C30H44N4O5/c1-7-8-23(32-20(3)35)29(39)34-18-25(36)27-24(34)14-16-33(27)26(37)17-19(2)13-15-31-28(38)21-9-11-22(12-10-21)30(4,5)6/h9-12,19,23-24,27H,7-8,13-18H2,1-6H3,(H,31,38)(H,32,35). The fourth-order valence-corrected chi connectivity index (χ4v) is 5.56. The van der Waals surface area contributed by atoms with Crippen LogP contribution in [0.3, 0.4) is 0 Å². The molecule has 4 amide bonds. The zero-order valence-electron chi connectivity index (χ0n) is 24.2. The smallest absolute Gasteiger partial charge is 0.251 e. The van der Waals surface area contributed by atoms with Gasteiger partial charge in [-0.2, -0.15) is 0 Å². The Hall–Kier alpha value is -3.23. The third kappa shape index (κ3) is 7.46. The molecular formula is C30H44N4O5. The molecule has 0 saturated carbocycles. The zero-order chi connectivity index (χ0) is 28.9. The Kier molecular flexibility index (Phi) is 9.91. The van der Waals surface area contributed by atoms with E-state index in [2.05, 4.69) is 31.4 Å². The van der Waals surface area contributed by atoms with E-state index < -0.39 is 12.1 Å². The highest BCUT2D eigenvalue weighted by Crippen LogP contribution is 2.31. The molecular weight excluding hydrogens is 496 g/mol. The predicted molar refractivity (Wildman–Crippen MR) is 149 cm³/mol. The van der Waals surface area contributed by atoms with Crippen molar-refractivity contribution in [3.05, 3.63) is 35.4 Å². The average molecular weight is 541 g/mol. The number of fused-ring (bicyclic) bond motifs is 1. The number of carbonyl (C=O) groups excluding carboxylic acids is 5. The minimum atomic E-state index is -0.657. The maximum Gasteiger partial charge on any atom is 0.251 e. The monoisotopic (exact) mass is 540 g/mol. The van der Waals surface area contributed by atoms with Gasteiger partial charge in [0.25, 0.3) is 5.91 Å². The maximum atomic E-state index is 13.2. The summed E-state index contributed by atoms with van der Waals surface area (Å²) in [7, 11) is 0. The lowest BCUT2D eigenvalue weighted by atomic mass is 9.87. The van der Waals surface area contributed by atoms with Crippen LogP contribution in [0.4, 0.5) is 0 Å². The van der Waals surface area contributed by atoms with E-state index >= 15 is 0 Å². The Morgan fingerprint density at radius 1 is 1.05 bits per heavy atom. The van der Waals surface area contributed by atoms with Gasteiger partial charge in [0.1, 0.15) is 12.1 Å². The van der Waals surface area contributed by atoms with Gasteiger partial charge < -0.3 is 20.4 Å². The maximum absolute atomic E-state index is 13.2. The minimum Gasteiger partial charge on any atom is -0.352 e. The molecule has 0 aromatic heterocycles. The van der Waals surface area contributed by atoms with Crippen molar-refractivity contribution in [1.29, 1.82) is 0 Å². The number of likely N-dealkylation sites (tertiary alicyclic amines) is 2. The van der Waals surface area contributed by atoms with Gasteiger partial charge in [-0.25, -0.2) is 0 Å². The van der Waals surface area contributed by atoms with Crippen LogP contribution in [0.25, 0.3) is 0 Å². The SMILES string of the molecule is CCCC(NC(C)=O)C(=O)N1CC(=O)C2C1CCN2C(=O)CC(C)CCNC(=O)c1ccc(C(C)(C)C)cc1. The largest absolute Gasteiger partial charge is 0.352 e. The number of hydrogen-bond donors (Lipinski definition) is 2. The van der Waals surface area contributed by atoms with Crippen molar-refractivity contribution >= 4 is 29.4 Å². The zero-order valence-corrected chi connectivity index (χ0v) is 24.2. The fourth-order valence-electron chi connectivity index (χ4n) is 5.56. The number of carbonyl (C=O) groups is 5. The summed E-state index contributed by atoms with van der Waals surface area (Å²) < 4.78 is 0. The number of ketones is 1. The highest BCUT2D eigenvalue weighted by molar-refractivity contribution is 5.99. The molecule has 2 fully saturated rings. The van der Waals surface area contributed by atoms with Crippen molar-refractivity contribution in [2.45, 2.75) is 97.2 Å². The number of nitrogens with zero attached hydrogens (tertiary/aromatic N) is 2. The third-order valence-electron chi connectivity index (χ3n) is 7.74. The Morgan fingerprint density at radius 3 is 2.31 bits per heavy atom. The second-order valence-electron chi connectivity index (χ2n) is 12.0. The first-order valence-corrected chi connectivity index (χ1v) is 14.1. The molecule has 0 bridgehead atoms. The molecule has 2 N–H and O–H groups in total. The summed E-state index contributed by atoms with van der Waals surface area (Å²) in [6.07, 6.45) is 2.67. The Bertz CT molecular complexity index is 1080. The van der Waals surface area contributed by atoms with Crippen LogP contribution in [0.2, 0.25) is 0 Å². The topological polar surface area (TPSA) is 116 Å². The number of nitrogens with one attached hydrogen (secondary N) is 2. The summed E-state index contributed by atoms with van der Waals surface area (Å²) in [5.74, 6) is -0.889. The van der Waals surface area contributed by atoms with E-state index in [-0.39, 0.29) is 59.8 Å². The van der Waals surface area contributed by atoms with E-state index in [9.17, 15) is 24.0 Å². The van der Waals surface area contributed by atoms with Gasteiger partial charge >= 0.3 is 0 Å². The van der Waals surface area contributed by atoms with Crippen molar-refractivity contribution in [1.82, 2.24) is 20.4 Å². The predicted octanol–water partition coefficient (Wildman–Crippen LogP) is 2.82. The summed E-state index contributed by atoms with van der Waals surface area (Å²) in [5, 5.41) is 5.64. The van der Waals surface area contributed by atoms with Crippen LogP contribution < -0.4 is 10.6 Å². The van der Waals surface area contributed by atoms with Crippen molar-refractivity contribution in [3.8, 4) is 0 Å². The molecule has 4 atom stereocenters. The first-order chi connectivity index (χ1) is 18.3. The Balaban J connectivity index is 1.50. The molecule has 1 aromatic rings. The average Bonchev–Trinajstić information content (AvgIpc) is 3.44. The quantitative estimate of drug-likeness (QED) is 0.474. The third-order valence-corrected chi connectivity index (χ3v) is 7.74. The van der Waals surface area contributed by atoms with Crippen LogP contribution in [0.5, 0.6) is 0 Å². The highest BCUT2D eigenvalue weighted by Gasteiger charge is 2.52. The first-order valence-electron chi connectivity index (χ1n) is 14.1. The van der Waals surface area contributed by atoms with Crippen LogP contribution in [0.1, 0.15) is 89.6 Å². The van der Waals surface area contributed by atoms with E-state index in [1.165, 1.54) is 6.92 Å². The molecule has 3 rings (SSSR count). The van der Waals surface area contributed by atoms with Crippen molar-refractivity contribution < 1.29 is 24.0 Å². The molecule has 2 aliphatic heterocycles. The Morgan fingerprint density at radius 2 is 1.72 bits per heavy atom. The molecule has 0 radical (unpaired) electrons. The second-order valence-corrected chi connectivity index (χ2v) is 12.0. The lowest BCUT2D eigenvalue weighted by Gasteiger charge is -2.28. The normalized spacial score (nSPS) is 20.4. The number of hydrogen-bond acceptors (Lipinski definition) is 5. The molecule has 9 heteroatoms. The lowest BCUT2D eigenvalue weighted by Crippen LogP contribution is -2.50. The fraction of sp³-hybridized carbons (Fsp3) is 0.633. The van der Waals surface area contributed by atoms with E-state index in [1.54, 1.807) is 9.80 Å². The molecule has 2 heterocycles. The number of amides is 4. The number of Topliss-reactive ketones (excluding diaryl/α,β-unsaturated/α-hetero) is 1. The molecule has 4 unspecified atom stereocenters. The molecule has 9 nitrogen and oxygen atoms in total. The van der Waals surface area contributed by atoms with Gasteiger partial charge in [-0.15, -0.1) is 0 Å². The summed E-state index contributed by atoms with van der Waals surface area (Å²) in [6.45, 7) is 12.5. The van der Waals surface area contributed by atoms with Gasteiger partial charge in [-0.3, -0.25) is 24.0 Å². The van der Waals surface area contributed by atoms with E-state index in [0.717, 1.165) is 12.0 Å². The summed E-state index contributed by atoms with van der Waals surface area (Å²) in [5.41, 5.74) is 1.79. The van der Waals surface area contributed by atoms with Crippen molar-refractivity contribution in [3.63, 3.8) is 0 Å². The highest BCUT2D eigenvalue weighted by atomic mass is 16.2. The van der Waals surface area contributed by atoms with Crippen LogP contribution in [-0.4, -0.2) is 77.0 Å². The summed E-state index contributed by atoms with van der Waals surface area (Å²) in [4.78, 5) is 66.5. The van der Waals surface area contributed by atoms with Crippen LogP contribution in [0, 0.1) is 5.92 Å². The van der Waals surface area contributed by atoms with E-state index in [1.807, 2.05) is 38.1 Å². The van der Waals surface area contributed by atoms with Gasteiger partial charge in [-0.1, -0.05) is 53.2 Å². The molecule has 1 aromatic carbocycles. The van der Waals surface area contributed by atoms with Gasteiger partial charge in [0.15, 0.2) is 5.78 Å². The minimum absolute atomic E-state index is 0.0167. The molecule has 2 saturated heterocycles. The molecule has 0 aliphatic carbocycles. The van der Waals surface area contributed by atoms with E-state index in [4.69, 9.17) is 0 Å². The van der Waals surface area contributed by atoms with Gasteiger partial charge in [0.05, 0.1) is 12.6 Å². The first kappa shape index (κ1) is 30.3. The molecule has 214 valence electrons. The second kappa shape index (κ2) is 12.7. The summed E-state index contributed by atoms with van der Waals surface area (Å²) >= 11 is 0. The van der Waals surface area contributed by atoms with Crippen molar-refractivity contribution in [2.24, 2.45) is 5.92 Å². The molecule has 0 spiro atoms. The molecule has 2 aliphatic rings. The summed E-state index contributed by atoms with van der Waals surface area (Å²) in [6, 6.07) is 5.99. The van der Waals surface area contributed by atoms with Crippen molar-refractivity contribution in [2.75, 3.05) is 19.6 Å². The van der Waals surface area contributed by atoms with Crippen LogP contribution in [0.15, 0.2) is 24.3 Å². The lowest BCUT2D eigenvalue weighted by molar-refractivity contribution is -0.137. The van der Waals surface area contributed by atoms with Gasteiger partial charge in [0, 0.05) is 32.0 Å². The Labute approximate surface area is 232 Å². The number of benzene rings is 1. The number of rotatable bonds is 10. The van der Waals surface area contributed by atoms with Gasteiger partial charge in [0.2, 0.25) is 17.7 Å². The molecule has 39 heavy (non-hydrogen) atoms.